The third-order valence-electron chi connectivity index (χ3n) is 3.10. The topological polar surface area (TPSA) is 65.0 Å². The van der Waals surface area contributed by atoms with Crippen molar-refractivity contribution in [2.45, 2.75) is 6.92 Å². The Kier molecular flexibility index (Phi) is 5.65. The molecule has 0 aliphatic rings. The van der Waals surface area contributed by atoms with E-state index in [9.17, 15) is 9.90 Å². The zero-order valence-electron chi connectivity index (χ0n) is 13.2. The summed E-state index contributed by atoms with van der Waals surface area (Å²) in [5.41, 5.74) is 0.876. The summed E-state index contributed by atoms with van der Waals surface area (Å²) in [6, 6.07) is 7.04. The first-order valence-electron chi connectivity index (χ1n) is 6.98. The Morgan fingerprint density at radius 3 is 2.35 bits per heavy atom. The molecule has 23 heavy (non-hydrogen) atoms. The second-order valence-electron chi connectivity index (χ2n) is 4.53. The van der Waals surface area contributed by atoms with Crippen LogP contribution in [0.5, 0.6) is 17.2 Å². The molecule has 2 rings (SSSR count). The van der Waals surface area contributed by atoms with Gasteiger partial charge in [-0.1, -0.05) is 6.07 Å². The Hall–Kier alpha value is -2.47. The zero-order chi connectivity index (χ0) is 16.8. The van der Waals surface area contributed by atoms with Gasteiger partial charge in [0, 0.05) is 4.88 Å². The summed E-state index contributed by atoms with van der Waals surface area (Å²) in [4.78, 5) is 12.2. The van der Waals surface area contributed by atoms with E-state index < -0.39 is 5.97 Å². The fourth-order valence-corrected chi connectivity index (χ4v) is 2.84. The summed E-state index contributed by atoms with van der Waals surface area (Å²) in [5, 5.41) is 11.3. The van der Waals surface area contributed by atoms with E-state index in [1.165, 1.54) is 25.6 Å². The highest BCUT2D eigenvalue weighted by atomic mass is 32.1. The van der Waals surface area contributed by atoms with Crippen LogP contribution in [-0.2, 0) is 4.79 Å². The minimum Gasteiger partial charge on any atom is -0.493 e. The molecule has 1 N–H and O–H groups in total. The minimum absolute atomic E-state index is 0.216. The maximum atomic E-state index is 11.5. The molecule has 0 unspecified atom stereocenters. The van der Waals surface area contributed by atoms with Crippen LogP contribution in [-0.4, -0.2) is 31.9 Å². The fourth-order valence-electron chi connectivity index (χ4n) is 2.11. The lowest BCUT2D eigenvalue weighted by atomic mass is 10.1. The molecule has 0 spiro atoms. The number of thiophene rings is 1. The molecule has 0 aliphatic carbocycles. The Bertz CT molecular complexity index is 679. The molecule has 0 aliphatic heterocycles. The second-order valence-corrected chi connectivity index (χ2v) is 5.48. The number of benzene rings is 1. The molecule has 5 nitrogen and oxygen atoms in total. The van der Waals surface area contributed by atoms with E-state index in [2.05, 4.69) is 0 Å². The Labute approximate surface area is 138 Å². The van der Waals surface area contributed by atoms with E-state index in [0.717, 1.165) is 0 Å². The van der Waals surface area contributed by atoms with Crippen molar-refractivity contribution in [2.24, 2.45) is 0 Å². The molecule has 0 fully saturated rings. The standard InChI is InChI=1S/C17H18O5S/c1-4-22-16-13(20-2)9-11(10-14(16)21-3)8-12(17(18)19)15-6-5-7-23-15/h5-10H,4H2,1-3H3,(H,18,19)/b12-8-. The summed E-state index contributed by atoms with van der Waals surface area (Å²) in [6.07, 6.45) is 1.59. The number of carboxylic acids is 1. The highest BCUT2D eigenvalue weighted by Gasteiger charge is 2.16. The number of carbonyl (C=O) groups is 1. The molecule has 0 amide bonds. The number of hydrogen-bond acceptors (Lipinski definition) is 5. The van der Waals surface area contributed by atoms with Gasteiger partial charge in [-0.05, 0) is 42.1 Å². The molecule has 122 valence electrons. The number of aliphatic carboxylic acids is 1. The highest BCUT2D eigenvalue weighted by molar-refractivity contribution is 7.11. The number of carboxylic acid groups (broad SMARTS) is 1. The lowest BCUT2D eigenvalue weighted by Crippen LogP contribution is -2.00. The van der Waals surface area contributed by atoms with E-state index in [0.29, 0.717) is 34.3 Å². The Morgan fingerprint density at radius 2 is 1.91 bits per heavy atom. The normalized spacial score (nSPS) is 11.2. The van der Waals surface area contributed by atoms with Crippen LogP contribution in [0.1, 0.15) is 17.4 Å². The largest absolute Gasteiger partial charge is 0.493 e. The van der Waals surface area contributed by atoms with Crippen molar-refractivity contribution >= 4 is 29.0 Å². The van der Waals surface area contributed by atoms with Crippen molar-refractivity contribution < 1.29 is 24.1 Å². The Balaban J connectivity index is 2.54. The van der Waals surface area contributed by atoms with Gasteiger partial charge < -0.3 is 19.3 Å². The zero-order valence-corrected chi connectivity index (χ0v) is 14.0. The molecule has 0 saturated heterocycles. The molecule has 0 bridgehead atoms. The average Bonchev–Trinajstić information content (AvgIpc) is 3.07. The van der Waals surface area contributed by atoms with Crippen LogP contribution in [0.15, 0.2) is 29.6 Å². The molecule has 1 heterocycles. The SMILES string of the molecule is CCOc1c(OC)cc(/C=C(\C(=O)O)c2cccs2)cc1OC. The summed E-state index contributed by atoms with van der Waals surface area (Å²) in [5.74, 6) is 0.503. The van der Waals surface area contributed by atoms with E-state index in [1.807, 2.05) is 18.4 Å². The van der Waals surface area contributed by atoms with Crippen molar-refractivity contribution in [3.05, 3.63) is 40.1 Å². The molecule has 2 aromatic rings. The highest BCUT2D eigenvalue weighted by Crippen LogP contribution is 2.39. The number of hydrogen-bond donors (Lipinski definition) is 1. The molecule has 0 saturated carbocycles. The van der Waals surface area contributed by atoms with Gasteiger partial charge in [0.25, 0.3) is 0 Å². The van der Waals surface area contributed by atoms with E-state index >= 15 is 0 Å². The first kappa shape index (κ1) is 16.9. The third kappa shape index (κ3) is 3.84. The van der Waals surface area contributed by atoms with E-state index in [4.69, 9.17) is 14.2 Å². The van der Waals surface area contributed by atoms with Crippen molar-refractivity contribution in [1.29, 1.82) is 0 Å². The van der Waals surface area contributed by atoms with Gasteiger partial charge in [-0.15, -0.1) is 11.3 Å². The van der Waals surface area contributed by atoms with Crippen LogP contribution in [0.25, 0.3) is 11.6 Å². The summed E-state index contributed by atoms with van der Waals surface area (Å²) < 4.78 is 16.2. The molecule has 0 radical (unpaired) electrons. The first-order valence-corrected chi connectivity index (χ1v) is 7.86. The van der Waals surface area contributed by atoms with E-state index in [-0.39, 0.29) is 5.57 Å². The van der Waals surface area contributed by atoms with Crippen molar-refractivity contribution in [1.82, 2.24) is 0 Å². The fraction of sp³-hybridized carbons (Fsp3) is 0.235. The van der Waals surface area contributed by atoms with Crippen LogP contribution >= 0.6 is 11.3 Å². The number of ether oxygens (including phenoxy) is 3. The van der Waals surface area contributed by atoms with Gasteiger partial charge in [0.2, 0.25) is 5.75 Å². The van der Waals surface area contributed by atoms with Crippen LogP contribution < -0.4 is 14.2 Å². The van der Waals surface area contributed by atoms with Gasteiger partial charge in [0.1, 0.15) is 0 Å². The summed E-state index contributed by atoms with van der Waals surface area (Å²) in [7, 11) is 3.06. The summed E-state index contributed by atoms with van der Waals surface area (Å²) in [6.45, 7) is 2.34. The van der Waals surface area contributed by atoms with Gasteiger partial charge in [-0.3, -0.25) is 0 Å². The maximum Gasteiger partial charge on any atom is 0.337 e. The molecule has 1 aromatic heterocycles. The third-order valence-corrected chi connectivity index (χ3v) is 4.00. The second kappa shape index (κ2) is 7.69. The number of methoxy groups -OCH3 is 2. The molecular weight excluding hydrogens is 316 g/mol. The van der Waals surface area contributed by atoms with Gasteiger partial charge in [-0.2, -0.15) is 0 Å². The van der Waals surface area contributed by atoms with Gasteiger partial charge in [0.05, 0.1) is 26.4 Å². The average molecular weight is 334 g/mol. The van der Waals surface area contributed by atoms with Gasteiger partial charge in [0.15, 0.2) is 11.5 Å². The molecule has 6 heteroatoms. The lowest BCUT2D eigenvalue weighted by molar-refractivity contribution is -0.130. The predicted octanol–water partition coefficient (Wildman–Crippen LogP) is 3.79. The predicted molar refractivity (Wildman–Crippen MR) is 90.5 cm³/mol. The van der Waals surface area contributed by atoms with Gasteiger partial charge >= 0.3 is 5.97 Å². The molecule has 1 aromatic carbocycles. The van der Waals surface area contributed by atoms with Crippen molar-refractivity contribution in [3.63, 3.8) is 0 Å². The van der Waals surface area contributed by atoms with Crippen LogP contribution in [0, 0.1) is 0 Å². The molecular formula is C17H18O5S. The summed E-state index contributed by atoms with van der Waals surface area (Å²) >= 11 is 1.37. The minimum atomic E-state index is -0.987. The van der Waals surface area contributed by atoms with Crippen LogP contribution in [0.3, 0.4) is 0 Å². The number of rotatable bonds is 7. The van der Waals surface area contributed by atoms with Gasteiger partial charge in [-0.25, -0.2) is 4.79 Å². The van der Waals surface area contributed by atoms with Crippen molar-refractivity contribution in [2.75, 3.05) is 20.8 Å². The van der Waals surface area contributed by atoms with Crippen molar-refractivity contribution in [3.8, 4) is 17.2 Å². The van der Waals surface area contributed by atoms with Crippen LogP contribution in [0.4, 0.5) is 0 Å². The lowest BCUT2D eigenvalue weighted by Gasteiger charge is -2.14. The van der Waals surface area contributed by atoms with E-state index in [1.54, 1.807) is 24.3 Å². The first-order chi connectivity index (χ1) is 11.1. The quantitative estimate of drug-likeness (QED) is 0.781. The smallest absolute Gasteiger partial charge is 0.337 e. The molecule has 0 atom stereocenters. The maximum absolute atomic E-state index is 11.5. The monoisotopic (exact) mass is 334 g/mol. The van der Waals surface area contributed by atoms with Crippen LogP contribution in [0.2, 0.25) is 0 Å². The Morgan fingerprint density at radius 1 is 1.26 bits per heavy atom.